The number of carbonyl (C=O) groups is 1. The van der Waals surface area contributed by atoms with Crippen molar-refractivity contribution >= 4 is 23.4 Å². The van der Waals surface area contributed by atoms with E-state index in [0.29, 0.717) is 22.5 Å². The van der Waals surface area contributed by atoms with E-state index in [2.05, 4.69) is 4.74 Å². The van der Waals surface area contributed by atoms with Gasteiger partial charge in [-0.1, -0.05) is 12.1 Å². The fraction of sp³-hybridized carbons (Fsp3) is 0.222. The Labute approximate surface area is 220 Å². The quantitative estimate of drug-likeness (QED) is 0.0977. The molecule has 0 heterocycles. The third-order valence-electron chi connectivity index (χ3n) is 4.91. The summed E-state index contributed by atoms with van der Waals surface area (Å²) in [5.74, 6) is -0.568. The molecule has 3 aromatic carbocycles. The van der Waals surface area contributed by atoms with Gasteiger partial charge in [-0.3, -0.25) is 0 Å². The monoisotopic (exact) mass is 552 g/mol. The highest BCUT2D eigenvalue weighted by molar-refractivity contribution is 5.87. The van der Waals surface area contributed by atoms with Crippen LogP contribution in [0.15, 0.2) is 72.8 Å². The third-order valence-corrected chi connectivity index (χ3v) is 4.91. The molecule has 0 aromatic heterocycles. The highest BCUT2D eigenvalue weighted by atomic mass is 19.4. The zero-order valence-electron chi connectivity index (χ0n) is 20.4. The van der Waals surface area contributed by atoms with Gasteiger partial charge < -0.3 is 30.4 Å². The van der Waals surface area contributed by atoms with Crippen molar-refractivity contribution in [1.29, 1.82) is 0 Å². The number of halogens is 5. The number of anilines is 2. The van der Waals surface area contributed by atoms with E-state index in [4.69, 9.17) is 25.7 Å². The lowest BCUT2D eigenvalue weighted by Gasteiger charge is -2.18. The number of nitrogens with two attached hydrogens (primary N) is 2. The summed E-state index contributed by atoms with van der Waals surface area (Å²) < 4.78 is 84.8. The molecule has 7 nitrogen and oxygen atoms in total. The Morgan fingerprint density at radius 3 is 2.05 bits per heavy atom. The van der Waals surface area contributed by atoms with Crippen molar-refractivity contribution in [2.75, 3.05) is 31.3 Å². The van der Waals surface area contributed by atoms with E-state index in [1.807, 2.05) is 0 Å². The minimum Gasteiger partial charge on any atom is -0.491 e. The summed E-state index contributed by atoms with van der Waals surface area (Å²) >= 11 is 0. The van der Waals surface area contributed by atoms with E-state index >= 15 is 0 Å². The summed E-state index contributed by atoms with van der Waals surface area (Å²) in [5, 5.41) is 0. The van der Waals surface area contributed by atoms with Crippen LogP contribution in [0, 0.1) is 0 Å². The van der Waals surface area contributed by atoms with Crippen LogP contribution in [0.2, 0.25) is 0 Å². The Kier molecular flexibility index (Phi) is 9.72. The Hall–Kier alpha value is -4.32. The van der Waals surface area contributed by atoms with Crippen molar-refractivity contribution in [3.05, 3.63) is 89.5 Å². The second-order valence-corrected chi connectivity index (χ2v) is 8.18. The van der Waals surface area contributed by atoms with Crippen LogP contribution in [-0.4, -0.2) is 32.0 Å². The second-order valence-electron chi connectivity index (χ2n) is 8.18. The van der Waals surface area contributed by atoms with E-state index in [9.17, 15) is 26.7 Å². The summed E-state index contributed by atoms with van der Waals surface area (Å²) in [6, 6.07) is 15.1. The van der Waals surface area contributed by atoms with Gasteiger partial charge in [-0.05, 0) is 71.8 Å². The van der Waals surface area contributed by atoms with Crippen LogP contribution in [0.1, 0.15) is 16.7 Å². The molecule has 0 atom stereocenters. The maximum absolute atomic E-state index is 14.6. The number of hydrogen-bond donors (Lipinski definition) is 2. The number of rotatable bonds is 12. The Bertz CT molecular complexity index is 1240. The van der Waals surface area contributed by atoms with Crippen molar-refractivity contribution < 1.29 is 45.7 Å². The Morgan fingerprint density at radius 2 is 1.44 bits per heavy atom. The molecule has 208 valence electrons. The van der Waals surface area contributed by atoms with E-state index in [1.165, 1.54) is 48.6 Å². The molecule has 3 aromatic rings. The van der Waals surface area contributed by atoms with Gasteiger partial charge in [0.25, 0.3) is 0 Å². The number of alkyl halides is 5. The van der Waals surface area contributed by atoms with Crippen LogP contribution < -0.4 is 20.9 Å². The zero-order valence-corrected chi connectivity index (χ0v) is 20.4. The molecule has 0 aliphatic rings. The highest BCUT2D eigenvalue weighted by Gasteiger charge is 2.34. The summed E-state index contributed by atoms with van der Waals surface area (Å²) in [4.78, 5) is 12.0. The van der Waals surface area contributed by atoms with Gasteiger partial charge in [-0.2, -0.15) is 22.0 Å². The van der Waals surface area contributed by atoms with Crippen molar-refractivity contribution in [3.8, 4) is 11.5 Å². The molecule has 4 N–H and O–H groups in total. The van der Waals surface area contributed by atoms with E-state index in [-0.39, 0.29) is 31.3 Å². The molecule has 0 fully saturated rings. The lowest BCUT2D eigenvalue weighted by molar-refractivity contribution is -0.185. The smallest absolute Gasteiger partial charge is 0.426 e. The molecule has 0 bridgehead atoms. The minimum atomic E-state index is -4.44. The Balaban J connectivity index is 1.47. The summed E-state index contributed by atoms with van der Waals surface area (Å²) in [5.41, 5.74) is 13.0. The summed E-state index contributed by atoms with van der Waals surface area (Å²) in [6.07, 6.45) is -5.48. The number of hydrogen-bond acceptors (Lipinski definition) is 7. The van der Waals surface area contributed by atoms with Gasteiger partial charge in [0, 0.05) is 17.5 Å². The molecular formula is C27H25F5N2O5. The molecule has 0 amide bonds. The molecule has 0 aliphatic carbocycles. The van der Waals surface area contributed by atoms with Crippen molar-refractivity contribution in [1.82, 2.24) is 0 Å². The van der Waals surface area contributed by atoms with Gasteiger partial charge in [-0.15, -0.1) is 0 Å². The molecule has 12 heteroatoms. The fourth-order valence-corrected chi connectivity index (χ4v) is 3.20. The topological polar surface area (TPSA) is 106 Å². The minimum absolute atomic E-state index is 0.0241. The van der Waals surface area contributed by atoms with Gasteiger partial charge in [0.05, 0.1) is 12.2 Å². The molecule has 0 saturated carbocycles. The van der Waals surface area contributed by atoms with Gasteiger partial charge >= 0.3 is 18.3 Å². The molecule has 39 heavy (non-hydrogen) atoms. The largest absolute Gasteiger partial charge is 0.491 e. The number of benzene rings is 3. The van der Waals surface area contributed by atoms with E-state index < -0.39 is 30.4 Å². The third kappa shape index (κ3) is 10.2. The Morgan fingerprint density at radius 1 is 0.821 bits per heavy atom. The van der Waals surface area contributed by atoms with Crippen LogP contribution in [-0.2, 0) is 27.0 Å². The summed E-state index contributed by atoms with van der Waals surface area (Å²) in [7, 11) is 0. The predicted molar refractivity (Wildman–Crippen MR) is 134 cm³/mol. The average Bonchev–Trinajstić information content (AvgIpc) is 2.86. The fourth-order valence-electron chi connectivity index (χ4n) is 3.20. The highest BCUT2D eigenvalue weighted by Crippen LogP contribution is 2.32. The molecular weight excluding hydrogens is 527 g/mol. The maximum Gasteiger partial charge on any atom is 0.426 e. The number of nitrogen functional groups attached to an aromatic ring is 2. The lowest BCUT2D eigenvalue weighted by Crippen LogP contribution is -2.21. The average molecular weight is 552 g/mol. The number of carbonyl (C=O) groups excluding carboxylic acids is 1. The van der Waals surface area contributed by atoms with Crippen LogP contribution in [0.3, 0.4) is 0 Å². The van der Waals surface area contributed by atoms with Gasteiger partial charge in [-0.25, -0.2) is 4.79 Å². The molecule has 3 rings (SSSR count). The number of esters is 1. The molecule has 0 radical (unpaired) electrons. The van der Waals surface area contributed by atoms with E-state index in [1.54, 1.807) is 18.2 Å². The van der Waals surface area contributed by atoms with Crippen molar-refractivity contribution in [2.45, 2.75) is 18.9 Å². The first-order valence-corrected chi connectivity index (χ1v) is 11.4. The van der Waals surface area contributed by atoms with Crippen LogP contribution in [0.5, 0.6) is 11.5 Å². The standard InChI is InChI=1S/C27H25F5N2O5/c28-26(29,30)17-36-11-12-37-23-8-4-20(5-9-23)27(31,32)39-24-6-1-18(2-7-24)3-10-25(35)38-16-19-13-21(33)15-22(34)14-19/h1-10,13-15H,11-12,16-17,33-34H2/b10-3+. The predicted octanol–water partition coefficient (Wildman–Crippen LogP) is 5.69. The molecule has 0 spiro atoms. The summed E-state index contributed by atoms with van der Waals surface area (Å²) in [6.45, 7) is -1.92. The first kappa shape index (κ1) is 29.2. The van der Waals surface area contributed by atoms with Crippen molar-refractivity contribution in [3.63, 3.8) is 0 Å². The number of ether oxygens (including phenoxy) is 4. The molecule has 0 aliphatic heterocycles. The normalized spacial score (nSPS) is 11.9. The van der Waals surface area contributed by atoms with Gasteiger partial charge in [0.2, 0.25) is 0 Å². The van der Waals surface area contributed by atoms with Gasteiger partial charge in [0.15, 0.2) is 0 Å². The van der Waals surface area contributed by atoms with Crippen LogP contribution in [0.4, 0.5) is 33.3 Å². The van der Waals surface area contributed by atoms with Crippen LogP contribution >= 0.6 is 0 Å². The van der Waals surface area contributed by atoms with E-state index in [0.717, 1.165) is 12.1 Å². The second kappa shape index (κ2) is 13.0. The van der Waals surface area contributed by atoms with Crippen molar-refractivity contribution in [2.24, 2.45) is 0 Å². The lowest BCUT2D eigenvalue weighted by atomic mass is 10.2. The maximum atomic E-state index is 14.6. The molecule has 0 unspecified atom stereocenters. The SMILES string of the molecule is Nc1cc(N)cc(COC(=O)/C=C/c2ccc(OC(F)(F)c3ccc(OCCOCC(F)(F)F)cc3)cc2)c1. The molecule has 0 saturated heterocycles. The van der Waals surface area contributed by atoms with Crippen LogP contribution in [0.25, 0.3) is 6.08 Å². The first-order valence-electron chi connectivity index (χ1n) is 11.4. The first-order chi connectivity index (χ1) is 18.4. The van der Waals surface area contributed by atoms with Gasteiger partial charge in [0.1, 0.15) is 31.3 Å². The zero-order chi connectivity index (χ0) is 28.5.